The number of rotatable bonds is 0. The molecule has 0 saturated heterocycles. The largest absolute Gasteiger partial charge is 0.433 e. The number of nitrogens with one attached hydrogen (secondary N) is 1. The number of hydrogen-bond acceptors (Lipinski definition) is 1. The van der Waals surface area contributed by atoms with Gasteiger partial charge in [0.2, 0.25) is 0 Å². The molecule has 0 aliphatic carbocycles. The molecule has 3 heteroatoms. The maximum absolute atomic E-state index is 3.54. The molecule has 0 atom stereocenters. The molecule has 0 bridgehead atoms. The van der Waals surface area contributed by atoms with E-state index in [1.807, 2.05) is 0 Å². The monoisotopic (exact) mass is 171 g/mol. The van der Waals surface area contributed by atoms with E-state index in [-0.39, 0.29) is 40.1 Å². The van der Waals surface area contributed by atoms with Crippen LogP contribution in [-0.2, 0) is 32.7 Å². The first-order chi connectivity index (χ1) is 2.50. The van der Waals surface area contributed by atoms with Crippen LogP contribution in [0.4, 0.5) is 0 Å². The van der Waals surface area contributed by atoms with Crippen LogP contribution in [0.15, 0.2) is 12.4 Å². The summed E-state index contributed by atoms with van der Waals surface area (Å²) >= 11 is 0. The van der Waals surface area contributed by atoms with E-state index in [0.717, 1.165) is 0 Å². The molecule has 1 rings (SSSR count). The minimum Gasteiger partial charge on any atom is -0.433 e. The second kappa shape index (κ2) is 6.31. The van der Waals surface area contributed by atoms with Crippen molar-refractivity contribution in [3.05, 3.63) is 25.9 Å². The molecular formula is C4H6N2Y-2. The van der Waals surface area contributed by atoms with Gasteiger partial charge in [0, 0.05) is 32.7 Å². The van der Waals surface area contributed by atoms with Gasteiger partial charge in [-0.3, -0.25) is 0 Å². The Kier molecular flexibility index (Phi) is 9.31. The first-order valence-corrected chi connectivity index (χ1v) is 1.35. The molecule has 0 aliphatic heterocycles. The van der Waals surface area contributed by atoms with Crippen LogP contribution < -0.4 is 0 Å². The molecule has 0 fully saturated rings. The third-order valence-electron chi connectivity index (χ3n) is 0.362. The maximum atomic E-state index is 3.54. The minimum absolute atomic E-state index is 0. The molecule has 0 spiro atoms. The van der Waals surface area contributed by atoms with Crippen LogP contribution in [0.25, 0.3) is 0 Å². The van der Waals surface area contributed by atoms with Crippen LogP contribution in [0.5, 0.6) is 0 Å². The second-order valence-corrected chi connectivity index (χ2v) is 0.698. The number of nitrogens with zero attached hydrogens (tertiary/aromatic N) is 1. The van der Waals surface area contributed by atoms with Gasteiger partial charge in [0.05, 0.1) is 0 Å². The first kappa shape index (κ1) is 10.3. The molecule has 0 saturated carbocycles. The van der Waals surface area contributed by atoms with Gasteiger partial charge < -0.3 is 18.6 Å². The van der Waals surface area contributed by atoms with E-state index in [1.54, 1.807) is 12.4 Å². The van der Waals surface area contributed by atoms with Gasteiger partial charge >= 0.3 is 0 Å². The summed E-state index contributed by atoms with van der Waals surface area (Å²) in [6.07, 6.45) is 3.21. The van der Waals surface area contributed by atoms with Crippen molar-refractivity contribution in [1.29, 1.82) is 0 Å². The van der Waals surface area contributed by atoms with Crippen molar-refractivity contribution < 1.29 is 32.7 Å². The van der Waals surface area contributed by atoms with E-state index in [0.29, 0.717) is 0 Å². The van der Waals surface area contributed by atoms with Crippen molar-refractivity contribution in [2.75, 3.05) is 0 Å². The Hall–Kier alpha value is 0.314. The summed E-state index contributed by atoms with van der Waals surface area (Å²) in [5.41, 5.74) is 0. The molecule has 1 radical (unpaired) electrons. The van der Waals surface area contributed by atoms with Crippen molar-refractivity contribution in [3.63, 3.8) is 0 Å². The molecule has 2 nitrogen and oxygen atoms in total. The molecule has 0 aliphatic rings. The fraction of sp³-hybridized carbons (Fsp3) is 0. The van der Waals surface area contributed by atoms with Crippen molar-refractivity contribution >= 4 is 0 Å². The molecule has 0 unspecified atom stereocenters. The molecular weight excluding hydrogens is 165 g/mol. The molecule has 1 aromatic rings. The summed E-state index contributed by atoms with van der Waals surface area (Å²) in [7, 11) is 0. The zero-order valence-electron chi connectivity index (χ0n) is 4.18. The molecule has 7 heavy (non-hydrogen) atoms. The Bertz CT molecular complexity index is 66.2. The molecule has 1 aromatic heterocycles. The summed E-state index contributed by atoms with van der Waals surface area (Å²) in [6, 6.07) is 2.69. The van der Waals surface area contributed by atoms with Crippen molar-refractivity contribution in [2.45, 2.75) is 0 Å². The predicted octanol–water partition coefficient (Wildman–Crippen LogP) is 0.658. The molecule has 37 valence electrons. The number of aromatic nitrogens is 2. The molecule has 1 N–H and O–H groups in total. The van der Waals surface area contributed by atoms with Crippen LogP contribution in [-0.4, -0.2) is 10.2 Å². The topological polar surface area (TPSA) is 28.7 Å². The molecule has 1 heterocycles. The summed E-state index contributed by atoms with van der Waals surface area (Å²) in [6.45, 7) is 0. The average molecular weight is 171 g/mol. The first-order valence-electron chi connectivity index (χ1n) is 1.35. The summed E-state index contributed by atoms with van der Waals surface area (Å²) in [5, 5.41) is 6.10. The van der Waals surface area contributed by atoms with E-state index >= 15 is 0 Å². The predicted molar refractivity (Wildman–Crippen MR) is 23.8 cm³/mol. The molecule has 0 amide bonds. The second-order valence-electron chi connectivity index (χ2n) is 0.698. The minimum atomic E-state index is 0. The third kappa shape index (κ3) is 4.16. The van der Waals surface area contributed by atoms with Gasteiger partial charge in [0.25, 0.3) is 0 Å². The van der Waals surface area contributed by atoms with Crippen LogP contribution in [0.3, 0.4) is 0 Å². The fourth-order valence-corrected chi connectivity index (χ4v) is 0.186. The van der Waals surface area contributed by atoms with Gasteiger partial charge in [0.15, 0.2) is 0 Å². The third-order valence-corrected chi connectivity index (χ3v) is 0.362. The van der Waals surface area contributed by atoms with Crippen molar-refractivity contribution in [1.82, 2.24) is 10.2 Å². The quantitative estimate of drug-likeness (QED) is 0.570. The Labute approximate surface area is 68.6 Å². The molecule has 0 aromatic carbocycles. The smallest absolute Gasteiger partial charge is 0 e. The Morgan fingerprint density at radius 2 is 2.29 bits per heavy atom. The fourth-order valence-electron chi connectivity index (χ4n) is 0.186. The van der Waals surface area contributed by atoms with Gasteiger partial charge in [-0.2, -0.15) is 6.20 Å². The van der Waals surface area contributed by atoms with Crippen molar-refractivity contribution in [3.8, 4) is 0 Å². The normalized spacial score (nSPS) is 5.71. The van der Waals surface area contributed by atoms with E-state index in [4.69, 9.17) is 0 Å². The van der Waals surface area contributed by atoms with Gasteiger partial charge in [-0.1, -0.05) is 0 Å². The van der Waals surface area contributed by atoms with E-state index < -0.39 is 0 Å². The van der Waals surface area contributed by atoms with Crippen LogP contribution in [0, 0.1) is 13.5 Å². The Balaban J connectivity index is 0. The van der Waals surface area contributed by atoms with E-state index in [2.05, 4.69) is 16.3 Å². The summed E-state index contributed by atoms with van der Waals surface area (Å²) in [4.78, 5) is 0. The zero-order chi connectivity index (χ0) is 3.54. The van der Waals surface area contributed by atoms with Crippen LogP contribution in [0.1, 0.15) is 0 Å². The van der Waals surface area contributed by atoms with E-state index in [9.17, 15) is 0 Å². The summed E-state index contributed by atoms with van der Waals surface area (Å²) in [5.74, 6) is 0. The average Bonchev–Trinajstić information content (AvgIpc) is 1.76. The Morgan fingerprint density at radius 1 is 1.57 bits per heavy atom. The van der Waals surface area contributed by atoms with E-state index in [1.165, 1.54) is 0 Å². The number of hydrogen-bond donors (Lipinski definition) is 1. The van der Waals surface area contributed by atoms with Gasteiger partial charge in [-0.15, -0.1) is 6.20 Å². The van der Waals surface area contributed by atoms with Crippen molar-refractivity contribution in [2.24, 2.45) is 0 Å². The summed E-state index contributed by atoms with van der Waals surface area (Å²) < 4.78 is 0. The van der Waals surface area contributed by atoms with Gasteiger partial charge in [-0.05, 0) is 0 Å². The number of H-pyrrole nitrogens is 1. The van der Waals surface area contributed by atoms with Crippen LogP contribution in [0.2, 0.25) is 0 Å². The van der Waals surface area contributed by atoms with Gasteiger partial charge in [-0.25, -0.2) is 5.10 Å². The maximum Gasteiger partial charge on any atom is 0 e. The van der Waals surface area contributed by atoms with Crippen LogP contribution >= 0.6 is 0 Å². The number of aromatic amines is 1. The Morgan fingerprint density at radius 3 is 2.43 bits per heavy atom. The SMILES string of the molecule is [CH3-].[Y].[c-]1cn[nH]c1. The zero-order valence-corrected chi connectivity index (χ0v) is 7.02. The van der Waals surface area contributed by atoms with Gasteiger partial charge in [0.1, 0.15) is 0 Å². The standard InChI is InChI=1S/C3H3N2.CH3.Y/c1-2-4-5-3-1;;/h2-3H,(H,4,5);1H3;/q2*-1;.